The van der Waals surface area contributed by atoms with E-state index in [0.29, 0.717) is 6.04 Å². The molecule has 1 aromatic carbocycles. The molecule has 0 aliphatic heterocycles. The standard InChI is InChI=1S/C23H35N3O/c1-5-26(6-2)15-9-10-17(3)24-23-19-11-7-8-12-21(19)25-22-14-13-18(27-4)16-20(22)23/h13-14,16-17H,5-12,15H2,1-4H3,(H,24,25). The number of methoxy groups -OCH3 is 1. The molecule has 148 valence electrons. The molecule has 27 heavy (non-hydrogen) atoms. The second kappa shape index (κ2) is 9.41. The fourth-order valence-electron chi connectivity index (χ4n) is 4.17. The highest BCUT2D eigenvalue weighted by Gasteiger charge is 2.19. The molecular formula is C23H35N3O. The third-order valence-electron chi connectivity index (χ3n) is 5.87. The number of nitrogens with one attached hydrogen (secondary N) is 1. The van der Waals surface area contributed by atoms with Crippen molar-refractivity contribution in [3.63, 3.8) is 0 Å². The van der Waals surface area contributed by atoms with Crippen LogP contribution in [0, 0.1) is 0 Å². The smallest absolute Gasteiger partial charge is 0.119 e. The Morgan fingerprint density at radius 2 is 1.96 bits per heavy atom. The Balaban J connectivity index is 1.83. The molecule has 0 saturated carbocycles. The summed E-state index contributed by atoms with van der Waals surface area (Å²) in [6.07, 6.45) is 7.14. The summed E-state index contributed by atoms with van der Waals surface area (Å²) in [4.78, 5) is 7.47. The average molecular weight is 370 g/mol. The summed E-state index contributed by atoms with van der Waals surface area (Å²) in [5.74, 6) is 0.900. The lowest BCUT2D eigenvalue weighted by Crippen LogP contribution is -2.26. The lowest BCUT2D eigenvalue weighted by Gasteiger charge is -2.25. The number of aryl methyl sites for hydroxylation is 1. The van der Waals surface area contributed by atoms with E-state index in [1.807, 2.05) is 6.07 Å². The summed E-state index contributed by atoms with van der Waals surface area (Å²) in [6.45, 7) is 10.3. The van der Waals surface area contributed by atoms with Gasteiger partial charge in [-0.1, -0.05) is 13.8 Å². The van der Waals surface area contributed by atoms with E-state index in [4.69, 9.17) is 9.72 Å². The zero-order chi connectivity index (χ0) is 19.2. The van der Waals surface area contributed by atoms with Crippen molar-refractivity contribution >= 4 is 16.6 Å². The molecule has 0 bridgehead atoms. The van der Waals surface area contributed by atoms with Crippen LogP contribution < -0.4 is 10.1 Å². The van der Waals surface area contributed by atoms with Gasteiger partial charge in [-0.05, 0) is 88.8 Å². The van der Waals surface area contributed by atoms with Gasteiger partial charge in [0.25, 0.3) is 0 Å². The summed E-state index contributed by atoms with van der Waals surface area (Å²) in [5.41, 5.74) is 5.09. The Labute approximate surface area is 164 Å². The molecule has 1 aliphatic rings. The zero-order valence-electron chi connectivity index (χ0n) is 17.5. The van der Waals surface area contributed by atoms with Crippen LogP contribution >= 0.6 is 0 Å². The van der Waals surface area contributed by atoms with E-state index >= 15 is 0 Å². The summed E-state index contributed by atoms with van der Waals surface area (Å²) >= 11 is 0. The lowest BCUT2D eigenvalue weighted by molar-refractivity contribution is 0.295. The SMILES string of the molecule is CCN(CC)CCCC(C)Nc1c2c(nc3ccc(OC)cc13)CCCC2. The maximum atomic E-state index is 5.48. The molecule has 3 rings (SSSR count). The van der Waals surface area contributed by atoms with E-state index in [9.17, 15) is 0 Å². The summed E-state index contributed by atoms with van der Waals surface area (Å²) in [5, 5.41) is 5.06. The number of anilines is 1. The molecule has 0 saturated heterocycles. The molecule has 4 nitrogen and oxygen atoms in total. The normalized spacial score (nSPS) is 15.0. The minimum atomic E-state index is 0.448. The Morgan fingerprint density at radius 3 is 2.70 bits per heavy atom. The van der Waals surface area contributed by atoms with Crippen LogP contribution in [0.2, 0.25) is 0 Å². The van der Waals surface area contributed by atoms with Gasteiger partial charge in [-0.15, -0.1) is 0 Å². The van der Waals surface area contributed by atoms with Crippen molar-refractivity contribution in [3.8, 4) is 5.75 Å². The van der Waals surface area contributed by atoms with Crippen LogP contribution in [0.25, 0.3) is 10.9 Å². The third kappa shape index (κ3) is 4.73. The van der Waals surface area contributed by atoms with Crippen molar-refractivity contribution in [3.05, 3.63) is 29.5 Å². The Morgan fingerprint density at radius 1 is 1.19 bits per heavy atom. The van der Waals surface area contributed by atoms with E-state index in [2.05, 4.69) is 43.1 Å². The number of fused-ring (bicyclic) bond motifs is 2. The zero-order valence-corrected chi connectivity index (χ0v) is 17.5. The first kappa shape index (κ1) is 19.9. The average Bonchev–Trinajstić information content (AvgIpc) is 2.70. The molecule has 0 spiro atoms. The Bertz CT molecular complexity index is 755. The van der Waals surface area contributed by atoms with E-state index in [0.717, 1.165) is 37.2 Å². The first-order valence-electron chi connectivity index (χ1n) is 10.6. The lowest BCUT2D eigenvalue weighted by atomic mass is 9.92. The van der Waals surface area contributed by atoms with E-state index in [1.165, 1.54) is 54.6 Å². The number of rotatable bonds is 9. The van der Waals surface area contributed by atoms with Crippen LogP contribution in [-0.2, 0) is 12.8 Å². The van der Waals surface area contributed by atoms with Crippen LogP contribution in [0.5, 0.6) is 5.75 Å². The van der Waals surface area contributed by atoms with Gasteiger partial charge in [0.1, 0.15) is 5.75 Å². The summed E-state index contributed by atoms with van der Waals surface area (Å²) < 4.78 is 5.48. The van der Waals surface area contributed by atoms with E-state index in [1.54, 1.807) is 7.11 Å². The van der Waals surface area contributed by atoms with Crippen molar-refractivity contribution in [2.24, 2.45) is 0 Å². The first-order chi connectivity index (χ1) is 13.2. The topological polar surface area (TPSA) is 37.4 Å². The molecule has 0 fully saturated rings. The molecule has 1 aromatic heterocycles. The molecule has 1 atom stereocenters. The number of nitrogens with zero attached hydrogens (tertiary/aromatic N) is 2. The molecule has 0 amide bonds. The predicted molar refractivity (Wildman–Crippen MR) is 115 cm³/mol. The van der Waals surface area contributed by atoms with Gasteiger partial charge < -0.3 is 15.0 Å². The van der Waals surface area contributed by atoms with E-state index in [-0.39, 0.29) is 0 Å². The van der Waals surface area contributed by atoms with Gasteiger partial charge in [0, 0.05) is 22.8 Å². The van der Waals surface area contributed by atoms with Crippen molar-refractivity contribution in [1.82, 2.24) is 9.88 Å². The van der Waals surface area contributed by atoms with Crippen molar-refractivity contribution in [2.45, 2.75) is 65.3 Å². The molecule has 1 N–H and O–H groups in total. The maximum Gasteiger partial charge on any atom is 0.119 e. The second-order valence-corrected chi connectivity index (χ2v) is 7.72. The number of ether oxygens (including phenoxy) is 1. The van der Waals surface area contributed by atoms with Gasteiger partial charge in [0.2, 0.25) is 0 Å². The molecule has 1 unspecified atom stereocenters. The van der Waals surface area contributed by atoms with Crippen molar-refractivity contribution < 1.29 is 4.74 Å². The van der Waals surface area contributed by atoms with Gasteiger partial charge in [-0.3, -0.25) is 4.98 Å². The quantitative estimate of drug-likeness (QED) is 0.671. The monoisotopic (exact) mass is 369 g/mol. The molecule has 1 aliphatic carbocycles. The van der Waals surface area contributed by atoms with Crippen LogP contribution in [0.4, 0.5) is 5.69 Å². The van der Waals surface area contributed by atoms with Crippen LogP contribution in [0.15, 0.2) is 18.2 Å². The van der Waals surface area contributed by atoms with E-state index < -0.39 is 0 Å². The highest BCUT2D eigenvalue weighted by atomic mass is 16.5. The molecular weight excluding hydrogens is 334 g/mol. The second-order valence-electron chi connectivity index (χ2n) is 7.72. The number of hydrogen-bond acceptors (Lipinski definition) is 4. The van der Waals surface area contributed by atoms with Crippen LogP contribution in [0.1, 0.15) is 57.7 Å². The minimum absolute atomic E-state index is 0.448. The van der Waals surface area contributed by atoms with Gasteiger partial charge in [-0.25, -0.2) is 0 Å². The largest absolute Gasteiger partial charge is 0.497 e. The van der Waals surface area contributed by atoms with Gasteiger partial charge >= 0.3 is 0 Å². The first-order valence-corrected chi connectivity index (χ1v) is 10.6. The van der Waals surface area contributed by atoms with Crippen LogP contribution in [0.3, 0.4) is 0 Å². The summed E-state index contributed by atoms with van der Waals surface area (Å²) in [6, 6.07) is 6.70. The van der Waals surface area contributed by atoms with Crippen molar-refractivity contribution in [1.29, 1.82) is 0 Å². The number of aromatic nitrogens is 1. The third-order valence-corrected chi connectivity index (χ3v) is 5.87. The molecule has 1 heterocycles. The maximum absolute atomic E-state index is 5.48. The van der Waals surface area contributed by atoms with Crippen molar-refractivity contribution in [2.75, 3.05) is 32.1 Å². The fraction of sp³-hybridized carbons (Fsp3) is 0.609. The molecule has 4 heteroatoms. The van der Waals surface area contributed by atoms with Gasteiger partial charge in [0.15, 0.2) is 0 Å². The Kier molecular flexibility index (Phi) is 6.95. The Hall–Kier alpha value is -1.81. The summed E-state index contributed by atoms with van der Waals surface area (Å²) in [7, 11) is 1.73. The highest BCUT2D eigenvalue weighted by molar-refractivity contribution is 5.94. The number of pyridine rings is 1. The molecule has 0 radical (unpaired) electrons. The number of benzene rings is 1. The van der Waals surface area contributed by atoms with Crippen LogP contribution in [-0.4, -0.2) is 42.7 Å². The predicted octanol–water partition coefficient (Wildman–Crippen LogP) is 5.04. The fourth-order valence-corrected chi connectivity index (χ4v) is 4.17. The highest BCUT2D eigenvalue weighted by Crippen LogP contribution is 2.35. The van der Waals surface area contributed by atoms with Gasteiger partial charge in [-0.2, -0.15) is 0 Å². The van der Waals surface area contributed by atoms with Gasteiger partial charge in [0.05, 0.1) is 12.6 Å². The molecule has 2 aromatic rings. The minimum Gasteiger partial charge on any atom is -0.497 e. The number of hydrogen-bond donors (Lipinski definition) is 1.